The van der Waals surface area contributed by atoms with E-state index in [0.29, 0.717) is 6.54 Å². The second-order valence-corrected chi connectivity index (χ2v) is 7.41. The molecule has 5 nitrogen and oxygen atoms in total. The molecule has 0 aliphatic carbocycles. The fourth-order valence-electron chi connectivity index (χ4n) is 4.04. The van der Waals surface area contributed by atoms with Crippen LogP contribution in [0.25, 0.3) is 0 Å². The molecule has 3 aliphatic heterocycles. The Balaban J connectivity index is 1.74. The quantitative estimate of drug-likeness (QED) is 0.532. The summed E-state index contributed by atoms with van der Waals surface area (Å²) in [6.07, 6.45) is 3.34. The fraction of sp³-hybridized carbons (Fsp3) is 0.353. The molecule has 0 aromatic heterocycles. The average Bonchev–Trinajstić information content (AvgIpc) is 2.89. The minimum Gasteiger partial charge on any atom is -0.293 e. The molecule has 1 aromatic rings. The number of rotatable bonds is 2. The monoisotopic (exact) mass is 422 g/mol. The van der Waals surface area contributed by atoms with Gasteiger partial charge in [0.2, 0.25) is 11.8 Å². The summed E-state index contributed by atoms with van der Waals surface area (Å²) >= 11 is 2.27. The van der Waals surface area contributed by atoms with Crippen LogP contribution in [0, 0.1) is 15.4 Å². The van der Waals surface area contributed by atoms with Gasteiger partial charge in [0.25, 0.3) is 0 Å². The van der Waals surface area contributed by atoms with Gasteiger partial charge in [0, 0.05) is 23.2 Å². The van der Waals surface area contributed by atoms with Crippen LogP contribution >= 0.6 is 22.6 Å². The minimum absolute atomic E-state index is 0.0730. The van der Waals surface area contributed by atoms with Crippen molar-refractivity contribution < 1.29 is 14.4 Å². The first kappa shape index (κ1) is 15.0. The zero-order valence-electron chi connectivity index (χ0n) is 12.5. The van der Waals surface area contributed by atoms with Crippen molar-refractivity contribution in [2.75, 3.05) is 7.05 Å². The van der Waals surface area contributed by atoms with Gasteiger partial charge < -0.3 is 0 Å². The van der Waals surface area contributed by atoms with E-state index in [0.717, 1.165) is 9.13 Å². The van der Waals surface area contributed by atoms with Crippen LogP contribution in [0.15, 0.2) is 36.4 Å². The van der Waals surface area contributed by atoms with E-state index < -0.39 is 17.9 Å². The lowest BCUT2D eigenvalue weighted by molar-refractivity contribution is -0.141. The second kappa shape index (κ2) is 5.24. The predicted molar refractivity (Wildman–Crippen MR) is 91.2 cm³/mol. The molecule has 0 N–H and O–H groups in total. The van der Waals surface area contributed by atoms with E-state index in [1.54, 1.807) is 12.2 Å². The lowest BCUT2D eigenvalue weighted by Gasteiger charge is -2.33. The number of ketones is 1. The SMILES string of the molecule is CN1C(=O)C2C(C1=O)C1C(=O)C=CC2N1Cc1ccccc1I. The largest absolute Gasteiger partial charge is 0.293 e. The standard InChI is InChI=1S/C17H15IN2O3/c1-19-16(22)13-11-6-7-12(21)15(14(13)17(19)23)20(11)8-9-4-2-3-5-10(9)18/h2-7,11,13-15H,8H2,1H3. The van der Waals surface area contributed by atoms with Gasteiger partial charge in [0.15, 0.2) is 5.78 Å². The Kier molecular flexibility index (Phi) is 3.42. The van der Waals surface area contributed by atoms with Crippen molar-refractivity contribution in [1.82, 2.24) is 9.80 Å². The van der Waals surface area contributed by atoms with Crippen molar-refractivity contribution in [2.45, 2.75) is 18.6 Å². The Bertz CT molecular complexity index is 760. The summed E-state index contributed by atoms with van der Waals surface area (Å²) in [4.78, 5) is 40.5. The number of imide groups is 1. The Morgan fingerprint density at radius 3 is 2.52 bits per heavy atom. The summed E-state index contributed by atoms with van der Waals surface area (Å²) in [7, 11) is 1.51. The molecule has 2 bridgehead atoms. The maximum atomic E-state index is 12.4. The molecule has 0 spiro atoms. The summed E-state index contributed by atoms with van der Waals surface area (Å²) < 4.78 is 1.12. The van der Waals surface area contributed by atoms with Crippen LogP contribution in [0.5, 0.6) is 0 Å². The van der Waals surface area contributed by atoms with E-state index in [1.807, 2.05) is 29.2 Å². The number of carbonyl (C=O) groups excluding carboxylic acids is 3. The number of halogens is 1. The molecular weight excluding hydrogens is 407 g/mol. The van der Waals surface area contributed by atoms with Crippen molar-refractivity contribution >= 4 is 40.2 Å². The molecule has 2 saturated heterocycles. The normalized spacial score (nSPS) is 32.8. The Labute approximate surface area is 147 Å². The van der Waals surface area contributed by atoms with Crippen molar-refractivity contribution in [3.05, 3.63) is 45.6 Å². The number of nitrogens with zero attached hydrogens (tertiary/aromatic N) is 2. The molecule has 4 atom stereocenters. The number of likely N-dealkylation sites (tertiary alicyclic amines) is 1. The third-order valence-corrected chi connectivity index (χ3v) is 6.18. The highest BCUT2D eigenvalue weighted by Crippen LogP contribution is 2.45. The molecule has 0 radical (unpaired) electrons. The van der Waals surface area contributed by atoms with Gasteiger partial charge in [-0.3, -0.25) is 24.2 Å². The number of hydrogen-bond donors (Lipinski definition) is 0. The maximum Gasteiger partial charge on any atom is 0.234 e. The fourth-order valence-corrected chi connectivity index (χ4v) is 4.60. The maximum absolute atomic E-state index is 12.4. The molecule has 2 fully saturated rings. The van der Waals surface area contributed by atoms with E-state index in [4.69, 9.17) is 0 Å². The van der Waals surface area contributed by atoms with Crippen molar-refractivity contribution in [1.29, 1.82) is 0 Å². The van der Waals surface area contributed by atoms with Crippen molar-refractivity contribution in [3.8, 4) is 0 Å². The minimum atomic E-state index is -0.540. The van der Waals surface area contributed by atoms with E-state index >= 15 is 0 Å². The first-order chi connectivity index (χ1) is 11.0. The van der Waals surface area contributed by atoms with Gasteiger partial charge in [0.05, 0.1) is 17.9 Å². The molecule has 2 amide bonds. The van der Waals surface area contributed by atoms with Gasteiger partial charge >= 0.3 is 0 Å². The first-order valence-corrected chi connectivity index (χ1v) is 8.61. The topological polar surface area (TPSA) is 57.7 Å². The Morgan fingerprint density at radius 1 is 1.09 bits per heavy atom. The van der Waals surface area contributed by atoms with Crippen LogP contribution in [-0.4, -0.2) is 46.5 Å². The van der Waals surface area contributed by atoms with Gasteiger partial charge in [-0.25, -0.2) is 0 Å². The van der Waals surface area contributed by atoms with E-state index in [2.05, 4.69) is 22.6 Å². The molecule has 4 unspecified atom stereocenters. The summed E-state index contributed by atoms with van der Waals surface area (Å²) in [5, 5.41) is 0. The second-order valence-electron chi connectivity index (χ2n) is 6.25. The summed E-state index contributed by atoms with van der Waals surface area (Å²) in [5.74, 6) is -1.43. The molecule has 23 heavy (non-hydrogen) atoms. The molecule has 3 aliphatic rings. The highest BCUT2D eigenvalue weighted by molar-refractivity contribution is 14.1. The van der Waals surface area contributed by atoms with Crippen LogP contribution in [0.3, 0.4) is 0 Å². The van der Waals surface area contributed by atoms with Gasteiger partial charge in [0.1, 0.15) is 0 Å². The van der Waals surface area contributed by atoms with E-state index in [9.17, 15) is 14.4 Å². The van der Waals surface area contributed by atoms with Crippen LogP contribution < -0.4 is 0 Å². The van der Waals surface area contributed by atoms with Crippen molar-refractivity contribution in [2.24, 2.45) is 11.8 Å². The van der Waals surface area contributed by atoms with Crippen molar-refractivity contribution in [3.63, 3.8) is 0 Å². The molecule has 118 valence electrons. The van der Waals surface area contributed by atoms with E-state index in [1.165, 1.54) is 11.9 Å². The highest BCUT2D eigenvalue weighted by Gasteiger charge is 2.63. The number of amides is 2. The Hall–Kier alpha value is -1.54. The zero-order chi connectivity index (χ0) is 16.3. The van der Waals surface area contributed by atoms with Crippen LogP contribution in [0.1, 0.15) is 5.56 Å². The molecule has 6 heteroatoms. The number of hydrogen-bond acceptors (Lipinski definition) is 4. The molecule has 0 saturated carbocycles. The van der Waals surface area contributed by atoms with Crippen LogP contribution in [0.2, 0.25) is 0 Å². The Morgan fingerprint density at radius 2 is 1.78 bits per heavy atom. The smallest absolute Gasteiger partial charge is 0.234 e. The van der Waals surface area contributed by atoms with Crippen LogP contribution in [-0.2, 0) is 20.9 Å². The summed E-state index contributed by atoms with van der Waals surface area (Å²) in [5.41, 5.74) is 1.11. The average molecular weight is 422 g/mol. The van der Waals surface area contributed by atoms with Gasteiger partial charge in [-0.15, -0.1) is 0 Å². The van der Waals surface area contributed by atoms with E-state index in [-0.39, 0.29) is 23.6 Å². The lowest BCUT2D eigenvalue weighted by atomic mass is 9.90. The number of carbonyl (C=O) groups is 3. The third kappa shape index (κ3) is 2.04. The first-order valence-electron chi connectivity index (χ1n) is 7.53. The predicted octanol–water partition coefficient (Wildman–Crippen LogP) is 1.21. The van der Waals surface area contributed by atoms with Gasteiger partial charge in [-0.1, -0.05) is 24.3 Å². The van der Waals surface area contributed by atoms with Gasteiger partial charge in [-0.2, -0.15) is 0 Å². The molecule has 4 rings (SSSR count). The number of benzene rings is 1. The lowest BCUT2D eigenvalue weighted by Crippen LogP contribution is -2.48. The molecule has 3 heterocycles. The highest BCUT2D eigenvalue weighted by atomic mass is 127. The summed E-state index contributed by atoms with van der Waals surface area (Å²) in [6, 6.07) is 7.27. The third-order valence-electron chi connectivity index (χ3n) is 5.13. The molecule has 1 aromatic carbocycles. The van der Waals surface area contributed by atoms with Crippen LogP contribution in [0.4, 0.5) is 0 Å². The number of fused-ring (bicyclic) bond motifs is 5. The zero-order valence-corrected chi connectivity index (χ0v) is 14.6. The van der Waals surface area contributed by atoms with Gasteiger partial charge in [-0.05, 0) is 40.3 Å². The molecular formula is C17H15IN2O3. The summed E-state index contributed by atoms with van der Waals surface area (Å²) in [6.45, 7) is 0.571.